The van der Waals surface area contributed by atoms with E-state index in [1.807, 2.05) is 0 Å². The Morgan fingerprint density at radius 2 is 1.77 bits per heavy atom. The van der Waals surface area contributed by atoms with Gasteiger partial charge in [0.25, 0.3) is 6.02 Å². The molecular formula is C7H7Cl2N3O. The number of anilines is 1. The van der Waals surface area contributed by atoms with Crippen molar-refractivity contribution >= 4 is 34.9 Å². The van der Waals surface area contributed by atoms with Crippen LogP contribution in [-0.2, 0) is 0 Å². The predicted octanol–water partition coefficient (Wildman–Crippen LogP) is 1.85. The molecule has 0 amide bonds. The fraction of sp³-hybridized carbons (Fsp3) is 0. The van der Waals surface area contributed by atoms with Crippen LogP contribution in [0.25, 0.3) is 0 Å². The van der Waals surface area contributed by atoms with Gasteiger partial charge in [-0.1, -0.05) is 23.2 Å². The molecule has 0 radical (unpaired) electrons. The maximum atomic E-state index is 6.89. The second-order valence-corrected chi connectivity index (χ2v) is 3.09. The highest BCUT2D eigenvalue weighted by atomic mass is 35.5. The van der Waals surface area contributed by atoms with E-state index in [2.05, 4.69) is 0 Å². The second-order valence-electron chi connectivity index (χ2n) is 2.28. The molecule has 0 bridgehead atoms. The molecular weight excluding hydrogens is 213 g/mol. The third-order valence-electron chi connectivity index (χ3n) is 1.23. The number of rotatable bonds is 1. The van der Waals surface area contributed by atoms with Crippen LogP contribution in [0.3, 0.4) is 0 Å². The largest absolute Gasteiger partial charge is 0.423 e. The molecule has 1 aromatic carbocycles. The van der Waals surface area contributed by atoms with Gasteiger partial charge in [0.15, 0.2) is 5.75 Å². The number of halogens is 2. The van der Waals surface area contributed by atoms with Crippen LogP contribution >= 0.6 is 23.2 Å². The Morgan fingerprint density at radius 1 is 1.31 bits per heavy atom. The summed E-state index contributed by atoms with van der Waals surface area (Å²) >= 11 is 11.5. The summed E-state index contributed by atoms with van der Waals surface area (Å²) in [7, 11) is 0. The van der Waals surface area contributed by atoms with E-state index in [1.165, 1.54) is 12.1 Å². The first-order valence-corrected chi connectivity index (χ1v) is 4.02. The van der Waals surface area contributed by atoms with Gasteiger partial charge in [0, 0.05) is 5.69 Å². The van der Waals surface area contributed by atoms with E-state index >= 15 is 0 Å². The number of amidine groups is 1. The minimum absolute atomic E-state index is 0.144. The van der Waals surface area contributed by atoms with Crippen LogP contribution in [0.2, 0.25) is 10.0 Å². The summed E-state index contributed by atoms with van der Waals surface area (Å²) in [4.78, 5) is 0. The van der Waals surface area contributed by atoms with Gasteiger partial charge in [0.05, 0.1) is 10.0 Å². The Hall–Kier alpha value is -1.13. The van der Waals surface area contributed by atoms with E-state index < -0.39 is 6.02 Å². The summed E-state index contributed by atoms with van der Waals surface area (Å²) in [6, 6.07) is 2.45. The predicted molar refractivity (Wildman–Crippen MR) is 53.4 cm³/mol. The molecule has 0 atom stereocenters. The monoisotopic (exact) mass is 219 g/mol. The van der Waals surface area contributed by atoms with Crippen LogP contribution in [0, 0.1) is 5.41 Å². The van der Waals surface area contributed by atoms with Crippen molar-refractivity contribution in [2.45, 2.75) is 0 Å². The molecule has 5 N–H and O–H groups in total. The maximum absolute atomic E-state index is 6.89. The zero-order valence-electron chi connectivity index (χ0n) is 6.47. The van der Waals surface area contributed by atoms with Crippen LogP contribution in [0.15, 0.2) is 12.1 Å². The van der Waals surface area contributed by atoms with Gasteiger partial charge in [-0.25, -0.2) is 0 Å². The van der Waals surface area contributed by atoms with Gasteiger partial charge in [-0.15, -0.1) is 0 Å². The van der Waals surface area contributed by atoms with Gasteiger partial charge in [0.1, 0.15) is 0 Å². The molecule has 0 saturated carbocycles. The summed E-state index contributed by atoms with van der Waals surface area (Å²) < 4.78 is 4.77. The fourth-order valence-corrected chi connectivity index (χ4v) is 1.37. The highest BCUT2D eigenvalue weighted by Gasteiger charge is 2.09. The van der Waals surface area contributed by atoms with Gasteiger partial charge in [-0.2, -0.15) is 0 Å². The maximum Gasteiger partial charge on any atom is 0.284 e. The number of hydrogen-bond donors (Lipinski definition) is 3. The fourth-order valence-electron chi connectivity index (χ4n) is 0.787. The summed E-state index contributed by atoms with van der Waals surface area (Å²) in [5.74, 6) is 0.144. The smallest absolute Gasteiger partial charge is 0.284 e. The van der Waals surface area contributed by atoms with E-state index in [4.69, 9.17) is 44.8 Å². The van der Waals surface area contributed by atoms with E-state index in [0.717, 1.165) is 0 Å². The molecule has 0 saturated heterocycles. The third kappa shape index (κ3) is 2.40. The lowest BCUT2D eigenvalue weighted by Gasteiger charge is -2.07. The van der Waals surface area contributed by atoms with Crippen molar-refractivity contribution in [2.24, 2.45) is 5.73 Å². The first-order chi connectivity index (χ1) is 6.00. The van der Waals surface area contributed by atoms with E-state index in [0.29, 0.717) is 5.69 Å². The standard InChI is InChI=1S/C7H7Cl2N3O/c8-4-1-3(10)2-5(9)6(4)13-7(11)12/h1-2H,10H2,(H3,11,12). The van der Waals surface area contributed by atoms with E-state index in [-0.39, 0.29) is 15.8 Å². The van der Waals surface area contributed by atoms with Crippen molar-refractivity contribution in [3.63, 3.8) is 0 Å². The van der Waals surface area contributed by atoms with Crippen LogP contribution < -0.4 is 16.2 Å². The van der Waals surface area contributed by atoms with Crippen LogP contribution in [0.5, 0.6) is 5.75 Å². The molecule has 1 rings (SSSR count). The Labute approximate surface area is 84.9 Å². The van der Waals surface area contributed by atoms with Gasteiger partial charge in [0.2, 0.25) is 0 Å². The molecule has 13 heavy (non-hydrogen) atoms. The Kier molecular flexibility index (Phi) is 2.85. The number of nitrogens with two attached hydrogens (primary N) is 2. The van der Waals surface area contributed by atoms with Gasteiger partial charge in [-0.3, -0.25) is 5.41 Å². The van der Waals surface area contributed by atoms with Crippen molar-refractivity contribution in [3.8, 4) is 5.75 Å². The lowest BCUT2D eigenvalue weighted by atomic mass is 10.3. The minimum Gasteiger partial charge on any atom is -0.423 e. The molecule has 0 aromatic heterocycles. The second kappa shape index (κ2) is 3.72. The van der Waals surface area contributed by atoms with Gasteiger partial charge < -0.3 is 16.2 Å². The Balaban J connectivity index is 3.13. The van der Waals surface area contributed by atoms with Crippen molar-refractivity contribution in [3.05, 3.63) is 22.2 Å². The zero-order chi connectivity index (χ0) is 10.0. The summed E-state index contributed by atoms with van der Waals surface area (Å²) in [6.45, 7) is 0. The third-order valence-corrected chi connectivity index (χ3v) is 1.79. The molecule has 0 fully saturated rings. The molecule has 0 aliphatic heterocycles. The molecule has 6 heteroatoms. The van der Waals surface area contributed by atoms with E-state index in [9.17, 15) is 0 Å². The van der Waals surface area contributed by atoms with Crippen molar-refractivity contribution in [1.82, 2.24) is 0 Å². The minimum atomic E-state index is -0.478. The average molecular weight is 220 g/mol. The van der Waals surface area contributed by atoms with Gasteiger partial charge >= 0.3 is 0 Å². The average Bonchev–Trinajstić information content (AvgIpc) is 1.96. The first-order valence-electron chi connectivity index (χ1n) is 3.27. The summed E-state index contributed by atoms with van der Waals surface area (Å²) in [5.41, 5.74) is 10.9. The van der Waals surface area contributed by atoms with Crippen molar-refractivity contribution in [2.75, 3.05) is 5.73 Å². The SMILES string of the molecule is N=C(N)Oc1c(Cl)cc(N)cc1Cl. The molecule has 70 valence electrons. The van der Waals surface area contributed by atoms with Crippen LogP contribution in [0.1, 0.15) is 0 Å². The highest BCUT2D eigenvalue weighted by Crippen LogP contribution is 2.34. The highest BCUT2D eigenvalue weighted by molar-refractivity contribution is 6.37. The number of nitrogens with one attached hydrogen (secondary N) is 1. The molecule has 0 spiro atoms. The summed E-state index contributed by atoms with van der Waals surface area (Å²) in [6.07, 6.45) is 0. The zero-order valence-corrected chi connectivity index (χ0v) is 7.99. The van der Waals surface area contributed by atoms with Crippen molar-refractivity contribution in [1.29, 1.82) is 5.41 Å². The molecule has 1 aromatic rings. The Morgan fingerprint density at radius 3 is 2.15 bits per heavy atom. The number of nitrogen functional groups attached to an aromatic ring is 1. The quantitative estimate of drug-likeness (QED) is 0.383. The first kappa shape index (κ1) is 9.95. The number of benzene rings is 1. The summed E-state index contributed by atoms with van der Waals surface area (Å²) in [5, 5.41) is 7.33. The topological polar surface area (TPSA) is 85.1 Å². The van der Waals surface area contributed by atoms with Gasteiger partial charge in [-0.05, 0) is 12.1 Å². The normalized spacial score (nSPS) is 9.69. The molecule has 0 heterocycles. The number of hydrogen-bond acceptors (Lipinski definition) is 3. The van der Waals surface area contributed by atoms with Crippen LogP contribution in [-0.4, -0.2) is 6.02 Å². The lowest BCUT2D eigenvalue weighted by molar-refractivity contribution is 0.538. The number of ether oxygens (including phenoxy) is 1. The van der Waals surface area contributed by atoms with Crippen LogP contribution in [0.4, 0.5) is 5.69 Å². The molecule has 4 nitrogen and oxygen atoms in total. The van der Waals surface area contributed by atoms with E-state index in [1.54, 1.807) is 0 Å². The molecule has 0 aliphatic carbocycles. The lowest BCUT2D eigenvalue weighted by Crippen LogP contribution is -2.17. The van der Waals surface area contributed by atoms with Crippen molar-refractivity contribution < 1.29 is 4.74 Å². The Bertz CT molecular complexity index is 331. The molecule has 0 unspecified atom stereocenters. The molecule has 0 aliphatic rings.